The number of nitrogens with zero attached hydrogens (tertiary/aromatic N) is 1. The van der Waals surface area contributed by atoms with Gasteiger partial charge in [0, 0.05) is 19.7 Å². The number of hydrogen-bond donors (Lipinski definition) is 1. The SMILES string of the molecule is CCN(CC(C)(C)CN)C(=O)CC1CCCO1. The van der Waals surface area contributed by atoms with Crippen molar-refractivity contribution in [2.45, 2.75) is 46.1 Å². The van der Waals surface area contributed by atoms with Crippen molar-refractivity contribution in [3.8, 4) is 0 Å². The summed E-state index contributed by atoms with van der Waals surface area (Å²) in [5.74, 6) is 0.195. The molecule has 1 saturated heterocycles. The highest BCUT2D eigenvalue weighted by Gasteiger charge is 2.26. The van der Waals surface area contributed by atoms with Crippen molar-refractivity contribution in [2.24, 2.45) is 11.1 Å². The van der Waals surface area contributed by atoms with E-state index >= 15 is 0 Å². The molecule has 0 aromatic carbocycles. The Morgan fingerprint density at radius 3 is 2.71 bits per heavy atom. The van der Waals surface area contributed by atoms with Crippen LogP contribution in [0.4, 0.5) is 0 Å². The summed E-state index contributed by atoms with van der Waals surface area (Å²) < 4.78 is 5.50. The number of carbonyl (C=O) groups excluding carboxylic acids is 1. The van der Waals surface area contributed by atoms with Gasteiger partial charge >= 0.3 is 0 Å². The Bertz CT molecular complexity index is 248. The predicted octanol–water partition coefficient (Wildman–Crippen LogP) is 1.39. The third kappa shape index (κ3) is 4.64. The average molecular weight is 242 g/mol. The molecule has 17 heavy (non-hydrogen) atoms. The van der Waals surface area contributed by atoms with E-state index in [9.17, 15) is 4.79 Å². The summed E-state index contributed by atoms with van der Waals surface area (Å²) >= 11 is 0. The summed E-state index contributed by atoms with van der Waals surface area (Å²) in [6, 6.07) is 0. The quantitative estimate of drug-likeness (QED) is 0.765. The maximum Gasteiger partial charge on any atom is 0.225 e. The van der Waals surface area contributed by atoms with Gasteiger partial charge in [-0.15, -0.1) is 0 Å². The van der Waals surface area contributed by atoms with Crippen molar-refractivity contribution in [2.75, 3.05) is 26.2 Å². The van der Waals surface area contributed by atoms with Crippen LogP contribution in [0.25, 0.3) is 0 Å². The first-order chi connectivity index (χ1) is 7.98. The van der Waals surface area contributed by atoms with Crippen LogP contribution in [0.2, 0.25) is 0 Å². The third-order valence-corrected chi connectivity index (χ3v) is 3.33. The Balaban J connectivity index is 2.45. The van der Waals surface area contributed by atoms with E-state index in [1.165, 1.54) is 0 Å². The van der Waals surface area contributed by atoms with E-state index in [1.807, 2.05) is 11.8 Å². The van der Waals surface area contributed by atoms with Crippen molar-refractivity contribution >= 4 is 5.91 Å². The number of ether oxygens (including phenoxy) is 1. The smallest absolute Gasteiger partial charge is 0.225 e. The van der Waals surface area contributed by atoms with Crippen molar-refractivity contribution in [1.82, 2.24) is 4.90 Å². The number of rotatable bonds is 6. The van der Waals surface area contributed by atoms with Gasteiger partial charge in [0.1, 0.15) is 0 Å². The Morgan fingerprint density at radius 1 is 1.53 bits per heavy atom. The lowest BCUT2D eigenvalue weighted by molar-refractivity contribution is -0.134. The maximum atomic E-state index is 12.1. The minimum absolute atomic E-state index is 0.0117. The molecular weight excluding hydrogens is 216 g/mol. The minimum atomic E-state index is -0.0117. The second-order valence-electron chi connectivity index (χ2n) is 5.62. The molecule has 1 heterocycles. The van der Waals surface area contributed by atoms with Crippen LogP contribution in [-0.4, -0.2) is 43.2 Å². The molecule has 2 N–H and O–H groups in total. The molecule has 1 atom stereocenters. The van der Waals surface area contributed by atoms with Crippen LogP contribution in [-0.2, 0) is 9.53 Å². The molecule has 0 radical (unpaired) electrons. The van der Waals surface area contributed by atoms with Crippen LogP contribution < -0.4 is 5.73 Å². The monoisotopic (exact) mass is 242 g/mol. The van der Waals surface area contributed by atoms with E-state index in [4.69, 9.17) is 10.5 Å². The largest absolute Gasteiger partial charge is 0.378 e. The summed E-state index contributed by atoms with van der Waals surface area (Å²) in [6.07, 6.45) is 2.76. The first-order valence-electron chi connectivity index (χ1n) is 6.58. The summed E-state index contributed by atoms with van der Waals surface area (Å²) in [7, 11) is 0. The highest BCUT2D eigenvalue weighted by Crippen LogP contribution is 2.19. The number of carbonyl (C=O) groups is 1. The molecule has 1 amide bonds. The molecular formula is C13H26N2O2. The molecule has 0 spiro atoms. The van der Waals surface area contributed by atoms with Crippen LogP contribution in [0.5, 0.6) is 0 Å². The fourth-order valence-corrected chi connectivity index (χ4v) is 2.09. The highest BCUT2D eigenvalue weighted by atomic mass is 16.5. The van der Waals surface area contributed by atoms with E-state index < -0.39 is 0 Å². The van der Waals surface area contributed by atoms with Gasteiger partial charge < -0.3 is 15.4 Å². The molecule has 0 aromatic rings. The maximum absolute atomic E-state index is 12.1. The first kappa shape index (κ1) is 14.5. The lowest BCUT2D eigenvalue weighted by Crippen LogP contribution is -2.42. The second kappa shape index (κ2) is 6.36. The van der Waals surface area contributed by atoms with Gasteiger partial charge in [0.15, 0.2) is 0 Å². The summed E-state index contributed by atoms with van der Waals surface area (Å²) in [5, 5.41) is 0. The molecule has 0 saturated carbocycles. The molecule has 1 unspecified atom stereocenters. The molecule has 1 aliphatic rings. The molecule has 0 aliphatic carbocycles. The van der Waals surface area contributed by atoms with Crippen molar-refractivity contribution in [1.29, 1.82) is 0 Å². The van der Waals surface area contributed by atoms with Gasteiger partial charge in [-0.25, -0.2) is 0 Å². The van der Waals surface area contributed by atoms with E-state index in [-0.39, 0.29) is 17.4 Å². The second-order valence-corrected chi connectivity index (χ2v) is 5.62. The van der Waals surface area contributed by atoms with Gasteiger partial charge in [-0.05, 0) is 31.7 Å². The lowest BCUT2D eigenvalue weighted by atomic mass is 9.93. The predicted molar refractivity (Wildman–Crippen MR) is 68.7 cm³/mol. The standard InChI is InChI=1S/C13H26N2O2/c1-4-15(10-13(2,3)9-14)12(16)8-11-6-5-7-17-11/h11H,4-10,14H2,1-3H3. The van der Waals surface area contributed by atoms with Gasteiger partial charge in [0.2, 0.25) is 5.91 Å². The van der Waals surface area contributed by atoms with E-state index in [1.54, 1.807) is 0 Å². The Kier molecular flexibility index (Phi) is 5.40. The van der Waals surface area contributed by atoms with Gasteiger partial charge in [-0.2, -0.15) is 0 Å². The van der Waals surface area contributed by atoms with Crippen LogP contribution in [0.15, 0.2) is 0 Å². The Hall–Kier alpha value is -0.610. The molecule has 4 heteroatoms. The molecule has 1 fully saturated rings. The van der Waals surface area contributed by atoms with Gasteiger partial charge in [0.25, 0.3) is 0 Å². The number of nitrogens with two attached hydrogens (primary N) is 1. The zero-order chi connectivity index (χ0) is 12.9. The summed E-state index contributed by atoms with van der Waals surface area (Å²) in [5.41, 5.74) is 5.70. The van der Waals surface area contributed by atoms with E-state index in [0.717, 1.165) is 32.5 Å². The lowest BCUT2D eigenvalue weighted by Gasteiger charge is -2.31. The first-order valence-corrected chi connectivity index (χ1v) is 6.58. The van der Waals surface area contributed by atoms with Crippen molar-refractivity contribution in [3.05, 3.63) is 0 Å². The zero-order valence-corrected chi connectivity index (χ0v) is 11.4. The normalized spacial score (nSPS) is 20.6. The fraction of sp³-hybridized carbons (Fsp3) is 0.923. The van der Waals surface area contributed by atoms with Crippen LogP contribution >= 0.6 is 0 Å². The number of amides is 1. The highest BCUT2D eigenvalue weighted by molar-refractivity contribution is 5.76. The van der Waals surface area contributed by atoms with Crippen LogP contribution in [0.1, 0.15) is 40.0 Å². The Morgan fingerprint density at radius 2 is 2.24 bits per heavy atom. The fourth-order valence-electron chi connectivity index (χ4n) is 2.09. The van der Waals surface area contributed by atoms with Gasteiger partial charge in [-0.1, -0.05) is 13.8 Å². The summed E-state index contributed by atoms with van der Waals surface area (Å²) in [6.45, 7) is 9.07. The third-order valence-electron chi connectivity index (χ3n) is 3.33. The average Bonchev–Trinajstić information content (AvgIpc) is 2.78. The molecule has 0 bridgehead atoms. The van der Waals surface area contributed by atoms with Crippen LogP contribution in [0, 0.1) is 5.41 Å². The van der Waals surface area contributed by atoms with Gasteiger partial charge in [0.05, 0.1) is 12.5 Å². The van der Waals surface area contributed by atoms with Crippen molar-refractivity contribution in [3.63, 3.8) is 0 Å². The molecule has 1 aliphatic heterocycles. The van der Waals surface area contributed by atoms with E-state index in [0.29, 0.717) is 13.0 Å². The summed E-state index contributed by atoms with van der Waals surface area (Å²) in [4.78, 5) is 14.0. The van der Waals surface area contributed by atoms with Crippen molar-refractivity contribution < 1.29 is 9.53 Å². The van der Waals surface area contributed by atoms with Crippen LogP contribution in [0.3, 0.4) is 0 Å². The van der Waals surface area contributed by atoms with Gasteiger partial charge in [-0.3, -0.25) is 4.79 Å². The molecule has 100 valence electrons. The topological polar surface area (TPSA) is 55.6 Å². The molecule has 0 aromatic heterocycles. The molecule has 4 nitrogen and oxygen atoms in total. The zero-order valence-electron chi connectivity index (χ0n) is 11.4. The molecule has 1 rings (SSSR count). The Labute approximate surface area is 104 Å². The number of hydrogen-bond acceptors (Lipinski definition) is 3. The van der Waals surface area contributed by atoms with E-state index in [2.05, 4.69) is 13.8 Å². The minimum Gasteiger partial charge on any atom is -0.378 e.